The van der Waals surface area contributed by atoms with E-state index < -0.39 is 4.92 Å². The van der Waals surface area contributed by atoms with Crippen molar-refractivity contribution in [1.29, 1.82) is 0 Å². The van der Waals surface area contributed by atoms with Crippen LogP contribution in [0.25, 0.3) is 0 Å². The molecule has 3 heterocycles. The number of ketones is 1. The quantitative estimate of drug-likeness (QED) is 0.352. The molecule has 2 unspecified atom stereocenters. The Bertz CT molecular complexity index is 1100. The minimum Gasteiger partial charge on any atom is -0.464 e. The molecule has 4 rings (SSSR count). The van der Waals surface area contributed by atoms with Crippen molar-refractivity contribution >= 4 is 17.2 Å². The van der Waals surface area contributed by atoms with Gasteiger partial charge in [0.15, 0.2) is 5.82 Å². The van der Waals surface area contributed by atoms with Gasteiger partial charge in [-0.25, -0.2) is 4.98 Å². The number of hydrogen-bond donors (Lipinski definition) is 0. The summed E-state index contributed by atoms with van der Waals surface area (Å²) in [5, 5.41) is 11.9. The molecule has 0 bridgehead atoms. The molecule has 0 N–H and O–H groups in total. The number of aromatic nitrogens is 2. The second-order valence-electron chi connectivity index (χ2n) is 7.94. The summed E-state index contributed by atoms with van der Waals surface area (Å²) in [6, 6.07) is 8.44. The number of carbonyl (C=O) groups excluding carboxylic acids is 1. The minimum atomic E-state index is -0.424. The molecule has 2 atom stereocenters. The maximum absolute atomic E-state index is 12.8. The lowest BCUT2D eigenvalue weighted by atomic mass is 9.90. The van der Waals surface area contributed by atoms with E-state index in [1.807, 2.05) is 24.0 Å². The maximum Gasteiger partial charge on any atom is 0.293 e. The Morgan fingerprint density at radius 3 is 2.73 bits per heavy atom. The number of nitro benzene ring substituents is 1. The Kier molecular flexibility index (Phi) is 5.15. The summed E-state index contributed by atoms with van der Waals surface area (Å²) in [5.41, 5.74) is 0.663. The van der Waals surface area contributed by atoms with Crippen LogP contribution < -0.4 is 4.90 Å². The summed E-state index contributed by atoms with van der Waals surface area (Å²) in [4.78, 5) is 30.4. The molecule has 1 aromatic carbocycles. The number of nitro groups is 1. The van der Waals surface area contributed by atoms with Gasteiger partial charge < -0.3 is 13.9 Å². The molecule has 0 amide bonds. The molecule has 156 valence electrons. The van der Waals surface area contributed by atoms with Crippen LogP contribution in [-0.2, 0) is 7.05 Å². The third kappa shape index (κ3) is 3.60. The average Bonchev–Trinajstić information content (AvgIpc) is 3.35. The first-order valence-corrected chi connectivity index (χ1v) is 9.98. The molecule has 30 heavy (non-hydrogen) atoms. The van der Waals surface area contributed by atoms with Gasteiger partial charge in [0, 0.05) is 37.6 Å². The first kappa shape index (κ1) is 19.9. The summed E-state index contributed by atoms with van der Waals surface area (Å²) in [7, 11) is 1.72. The van der Waals surface area contributed by atoms with E-state index in [1.54, 1.807) is 29.9 Å². The number of nitrogens with zero attached hydrogens (tertiary/aromatic N) is 4. The summed E-state index contributed by atoms with van der Waals surface area (Å²) in [6.07, 6.45) is 4.97. The number of piperidine rings is 1. The van der Waals surface area contributed by atoms with Crippen LogP contribution >= 0.6 is 0 Å². The normalized spacial score (nSPS) is 19.1. The predicted molar refractivity (Wildman–Crippen MR) is 112 cm³/mol. The molecule has 1 aliphatic rings. The Morgan fingerprint density at radius 2 is 2.10 bits per heavy atom. The third-order valence-electron chi connectivity index (χ3n) is 5.72. The molecular weight excluding hydrogens is 384 g/mol. The fourth-order valence-corrected chi connectivity index (χ4v) is 4.10. The molecule has 0 aliphatic carbocycles. The summed E-state index contributed by atoms with van der Waals surface area (Å²) >= 11 is 0. The van der Waals surface area contributed by atoms with Crippen LogP contribution in [0.2, 0.25) is 0 Å². The van der Waals surface area contributed by atoms with Crippen LogP contribution in [0.3, 0.4) is 0 Å². The first-order valence-electron chi connectivity index (χ1n) is 9.98. The first-order chi connectivity index (χ1) is 14.3. The monoisotopic (exact) mass is 408 g/mol. The van der Waals surface area contributed by atoms with E-state index in [0.717, 1.165) is 24.4 Å². The van der Waals surface area contributed by atoms with Crippen molar-refractivity contribution in [2.45, 2.75) is 32.7 Å². The number of imidazole rings is 1. The van der Waals surface area contributed by atoms with Crippen molar-refractivity contribution in [3.63, 3.8) is 0 Å². The molecule has 0 saturated carbocycles. The maximum atomic E-state index is 12.8. The van der Waals surface area contributed by atoms with Gasteiger partial charge in [-0.15, -0.1) is 0 Å². The standard InChI is InChI=1S/C22H24N4O4/c1-14-8-10-25(19(12-14)20-7-4-15(2)30-20)17-6-5-16(13-18(17)26(28)29)21(27)22-23-9-11-24(22)3/h4-7,9,11,13-14,19H,8,10,12H2,1-3H3. The zero-order chi connectivity index (χ0) is 21.4. The van der Waals surface area contributed by atoms with Crippen LogP contribution in [0.1, 0.15) is 53.5 Å². The van der Waals surface area contributed by atoms with Crippen molar-refractivity contribution in [2.75, 3.05) is 11.4 Å². The van der Waals surface area contributed by atoms with Gasteiger partial charge in [-0.1, -0.05) is 6.92 Å². The number of rotatable bonds is 5. The van der Waals surface area contributed by atoms with Crippen LogP contribution in [0.15, 0.2) is 47.1 Å². The van der Waals surface area contributed by atoms with Crippen LogP contribution in [0, 0.1) is 23.0 Å². The van der Waals surface area contributed by atoms with E-state index in [0.29, 0.717) is 18.2 Å². The van der Waals surface area contributed by atoms with E-state index in [1.165, 1.54) is 12.3 Å². The fourth-order valence-electron chi connectivity index (χ4n) is 4.10. The zero-order valence-corrected chi connectivity index (χ0v) is 17.2. The van der Waals surface area contributed by atoms with Crippen molar-refractivity contribution in [2.24, 2.45) is 13.0 Å². The van der Waals surface area contributed by atoms with Gasteiger partial charge in [-0.2, -0.15) is 0 Å². The van der Waals surface area contributed by atoms with Gasteiger partial charge in [-0.3, -0.25) is 14.9 Å². The van der Waals surface area contributed by atoms with Gasteiger partial charge >= 0.3 is 0 Å². The van der Waals surface area contributed by atoms with Crippen molar-refractivity contribution in [3.05, 3.63) is 75.7 Å². The summed E-state index contributed by atoms with van der Waals surface area (Å²) in [6.45, 7) is 4.75. The summed E-state index contributed by atoms with van der Waals surface area (Å²) in [5.74, 6) is 2.01. The predicted octanol–water partition coefficient (Wildman–Crippen LogP) is 4.44. The SMILES string of the molecule is Cc1ccc(C2CC(C)CCN2c2ccc(C(=O)c3nccn3C)cc2[N+](=O)[O-])o1. The van der Waals surface area contributed by atoms with Gasteiger partial charge in [-0.05, 0) is 49.9 Å². The Balaban J connectivity index is 1.74. The Hall–Kier alpha value is -3.42. The zero-order valence-electron chi connectivity index (χ0n) is 17.2. The number of furan rings is 1. The molecule has 2 aromatic heterocycles. The molecule has 0 spiro atoms. The van der Waals surface area contributed by atoms with Gasteiger partial charge in [0.05, 0.1) is 11.0 Å². The van der Waals surface area contributed by atoms with E-state index in [2.05, 4.69) is 11.9 Å². The number of anilines is 1. The van der Waals surface area contributed by atoms with Crippen molar-refractivity contribution in [1.82, 2.24) is 9.55 Å². The number of benzene rings is 1. The van der Waals surface area contributed by atoms with E-state index in [9.17, 15) is 14.9 Å². The van der Waals surface area contributed by atoms with E-state index in [4.69, 9.17) is 4.42 Å². The Labute approximate surface area is 174 Å². The molecular formula is C22H24N4O4. The molecule has 1 fully saturated rings. The molecule has 8 heteroatoms. The second-order valence-corrected chi connectivity index (χ2v) is 7.94. The van der Waals surface area contributed by atoms with E-state index >= 15 is 0 Å². The molecule has 0 radical (unpaired) electrons. The fraction of sp³-hybridized carbons (Fsp3) is 0.364. The lowest BCUT2D eigenvalue weighted by Crippen LogP contribution is -2.36. The second kappa shape index (κ2) is 7.78. The summed E-state index contributed by atoms with van der Waals surface area (Å²) < 4.78 is 7.47. The van der Waals surface area contributed by atoms with Crippen LogP contribution in [0.5, 0.6) is 0 Å². The van der Waals surface area contributed by atoms with Crippen LogP contribution in [0.4, 0.5) is 11.4 Å². The topological polar surface area (TPSA) is 94.4 Å². The highest BCUT2D eigenvalue weighted by molar-refractivity contribution is 6.07. The number of hydrogen-bond acceptors (Lipinski definition) is 6. The van der Waals surface area contributed by atoms with Crippen molar-refractivity contribution < 1.29 is 14.1 Å². The lowest BCUT2D eigenvalue weighted by Gasteiger charge is -2.38. The Morgan fingerprint density at radius 1 is 1.30 bits per heavy atom. The van der Waals surface area contributed by atoms with Crippen molar-refractivity contribution in [3.8, 4) is 0 Å². The third-order valence-corrected chi connectivity index (χ3v) is 5.72. The highest BCUT2D eigenvalue weighted by Crippen LogP contribution is 2.42. The molecule has 1 aliphatic heterocycles. The molecule has 8 nitrogen and oxygen atoms in total. The number of aryl methyl sites for hydroxylation is 2. The largest absolute Gasteiger partial charge is 0.464 e. The van der Waals surface area contributed by atoms with Gasteiger partial charge in [0.1, 0.15) is 17.2 Å². The highest BCUT2D eigenvalue weighted by Gasteiger charge is 2.34. The molecule has 3 aromatic rings. The lowest BCUT2D eigenvalue weighted by molar-refractivity contribution is -0.384. The van der Waals surface area contributed by atoms with Crippen LogP contribution in [-0.4, -0.2) is 26.8 Å². The highest BCUT2D eigenvalue weighted by atomic mass is 16.6. The number of carbonyl (C=O) groups is 1. The smallest absolute Gasteiger partial charge is 0.293 e. The minimum absolute atomic E-state index is 0.0853. The van der Waals surface area contributed by atoms with E-state index in [-0.39, 0.29) is 28.9 Å². The van der Waals surface area contributed by atoms with Gasteiger partial charge in [0.25, 0.3) is 5.69 Å². The molecule has 1 saturated heterocycles. The van der Waals surface area contributed by atoms with Gasteiger partial charge in [0.2, 0.25) is 5.78 Å². The average molecular weight is 408 g/mol.